The highest BCUT2D eigenvalue weighted by Gasteiger charge is 2.27. The van der Waals surface area contributed by atoms with Crippen molar-refractivity contribution < 1.29 is 12.6 Å². The molecular formula is C36H45O3S2+. The fourth-order valence-electron chi connectivity index (χ4n) is 4.49. The molecular weight excluding hydrogens is 545 g/mol. The van der Waals surface area contributed by atoms with E-state index in [1.807, 2.05) is 0 Å². The van der Waals surface area contributed by atoms with Crippen LogP contribution in [0.2, 0.25) is 0 Å². The van der Waals surface area contributed by atoms with Crippen molar-refractivity contribution in [2.45, 2.75) is 90.7 Å². The van der Waals surface area contributed by atoms with Gasteiger partial charge in [-0.3, -0.25) is 4.18 Å². The van der Waals surface area contributed by atoms with E-state index in [9.17, 15) is 8.42 Å². The molecule has 0 aliphatic carbocycles. The normalized spacial score (nSPS) is 11.2. The first kappa shape index (κ1) is 32.7. The van der Waals surface area contributed by atoms with E-state index >= 15 is 0 Å². The van der Waals surface area contributed by atoms with E-state index in [0.29, 0.717) is 0 Å². The molecule has 3 nitrogen and oxygen atoms in total. The maximum absolute atomic E-state index is 11.9. The first-order valence-electron chi connectivity index (χ1n) is 15.0. The van der Waals surface area contributed by atoms with Crippen LogP contribution in [-0.2, 0) is 25.2 Å². The van der Waals surface area contributed by atoms with Crippen LogP contribution in [0.5, 0.6) is 0 Å². The minimum atomic E-state index is -3.57. The molecule has 0 radical (unpaired) electrons. The summed E-state index contributed by atoms with van der Waals surface area (Å²) in [7, 11) is -3.59. The molecule has 0 atom stereocenters. The van der Waals surface area contributed by atoms with Crippen LogP contribution >= 0.6 is 0 Å². The van der Waals surface area contributed by atoms with Gasteiger partial charge in [0, 0.05) is 0 Å². The molecule has 0 amide bonds. The minimum Gasteiger partial charge on any atom is -0.266 e. The number of rotatable bonds is 16. The fraction of sp³-hybridized carbons (Fsp3) is 0.333. The van der Waals surface area contributed by atoms with Gasteiger partial charge in [0.2, 0.25) is 0 Å². The van der Waals surface area contributed by atoms with E-state index in [1.165, 1.54) is 66.1 Å². The van der Waals surface area contributed by atoms with Gasteiger partial charge in [0.05, 0.1) is 22.4 Å². The molecule has 4 aromatic carbocycles. The lowest BCUT2D eigenvalue weighted by Gasteiger charge is -2.07. The highest BCUT2D eigenvalue weighted by molar-refractivity contribution is 7.97. The van der Waals surface area contributed by atoms with E-state index in [1.54, 1.807) is 30.3 Å². The molecule has 5 heteroatoms. The van der Waals surface area contributed by atoms with Gasteiger partial charge >= 0.3 is 0 Å². The first-order chi connectivity index (χ1) is 20.1. The Morgan fingerprint density at radius 1 is 0.488 bits per heavy atom. The van der Waals surface area contributed by atoms with Gasteiger partial charge in [0.15, 0.2) is 14.7 Å². The van der Waals surface area contributed by atoms with Crippen LogP contribution in [0.1, 0.15) is 71.1 Å². The van der Waals surface area contributed by atoms with E-state index in [2.05, 4.69) is 97.9 Å². The summed E-state index contributed by atoms with van der Waals surface area (Å²) in [6.07, 6.45) is 12.3. The van der Waals surface area contributed by atoms with E-state index < -0.39 is 10.1 Å². The van der Waals surface area contributed by atoms with Crippen LogP contribution in [-0.4, -0.2) is 15.0 Å². The summed E-state index contributed by atoms with van der Waals surface area (Å²) in [5.41, 5.74) is 0. The summed E-state index contributed by atoms with van der Waals surface area (Å²) in [6.45, 7) is 2.52. The maximum Gasteiger partial charge on any atom is 0.296 e. The van der Waals surface area contributed by atoms with Crippen LogP contribution in [0.15, 0.2) is 141 Å². The van der Waals surface area contributed by atoms with E-state index in [4.69, 9.17) is 4.18 Å². The maximum atomic E-state index is 11.9. The topological polar surface area (TPSA) is 43.4 Å². The number of benzene rings is 4. The summed E-state index contributed by atoms with van der Waals surface area (Å²) in [4.78, 5) is 4.32. The first-order valence-corrected chi connectivity index (χ1v) is 17.6. The predicted octanol–water partition coefficient (Wildman–Crippen LogP) is 10.1. The quantitative estimate of drug-likeness (QED) is 0.0742. The molecule has 0 aromatic heterocycles. The third kappa shape index (κ3) is 12.3. The molecule has 0 heterocycles. The molecule has 0 spiro atoms. The molecule has 0 unspecified atom stereocenters. The number of hydrogen-bond acceptors (Lipinski definition) is 3. The van der Waals surface area contributed by atoms with Crippen molar-refractivity contribution in [1.29, 1.82) is 0 Å². The van der Waals surface area contributed by atoms with E-state index in [-0.39, 0.29) is 22.4 Å². The van der Waals surface area contributed by atoms with Crippen molar-refractivity contribution >= 4 is 21.0 Å². The van der Waals surface area contributed by atoms with Crippen LogP contribution in [0.3, 0.4) is 0 Å². The Morgan fingerprint density at radius 3 is 1.22 bits per heavy atom. The Kier molecular flexibility index (Phi) is 15.4. The molecule has 0 aliphatic heterocycles. The highest BCUT2D eigenvalue weighted by Crippen LogP contribution is 2.30. The lowest BCUT2D eigenvalue weighted by atomic mass is 10.1. The second-order valence-electron chi connectivity index (χ2n) is 10.0. The summed E-state index contributed by atoms with van der Waals surface area (Å²) in [5, 5.41) is 0. The average molecular weight is 590 g/mol. The number of unbranched alkanes of at least 4 members (excludes halogenated alkanes) is 9. The predicted molar refractivity (Wildman–Crippen MR) is 173 cm³/mol. The monoisotopic (exact) mass is 589 g/mol. The summed E-state index contributed by atoms with van der Waals surface area (Å²) < 4.78 is 28.8. The van der Waals surface area contributed by atoms with Crippen molar-refractivity contribution in [1.82, 2.24) is 0 Å². The van der Waals surface area contributed by atoms with Gasteiger partial charge in [-0.25, -0.2) is 0 Å². The standard InChI is InChI=1S/C18H30O3S.C18H15S/c1-2-3-4-5-6-7-8-9-10-14-17-21-22(19,20)18-15-12-11-13-16-18;1-4-10-16(11-5-1)19(17-12-6-2-7-13-17)18-14-8-3-9-15-18/h11-13,15-16H,2-10,14,17H2,1H3;1-15H/q;+1. The van der Waals surface area contributed by atoms with Crippen molar-refractivity contribution in [2.24, 2.45) is 0 Å². The zero-order valence-corrected chi connectivity index (χ0v) is 26.0. The van der Waals surface area contributed by atoms with Crippen molar-refractivity contribution in [3.8, 4) is 0 Å². The van der Waals surface area contributed by atoms with Crippen LogP contribution in [0.25, 0.3) is 0 Å². The van der Waals surface area contributed by atoms with Gasteiger partial charge in [0.1, 0.15) is 0 Å². The molecule has 0 N–H and O–H groups in total. The van der Waals surface area contributed by atoms with Crippen LogP contribution < -0.4 is 0 Å². The molecule has 0 bridgehead atoms. The summed E-state index contributed by atoms with van der Waals surface area (Å²) >= 11 is 0. The van der Waals surface area contributed by atoms with E-state index in [0.717, 1.165) is 12.8 Å². The molecule has 41 heavy (non-hydrogen) atoms. The Hall–Kier alpha value is -2.86. The second-order valence-corrected chi connectivity index (χ2v) is 13.7. The largest absolute Gasteiger partial charge is 0.296 e. The molecule has 4 aromatic rings. The van der Waals surface area contributed by atoms with Gasteiger partial charge in [-0.15, -0.1) is 0 Å². The second kappa shape index (κ2) is 19.3. The molecule has 4 rings (SSSR count). The van der Waals surface area contributed by atoms with Crippen molar-refractivity contribution in [3.63, 3.8) is 0 Å². The lowest BCUT2D eigenvalue weighted by Crippen LogP contribution is -2.07. The number of hydrogen-bond donors (Lipinski definition) is 0. The third-order valence-electron chi connectivity index (χ3n) is 6.70. The van der Waals surface area contributed by atoms with Gasteiger partial charge in [-0.2, -0.15) is 8.42 Å². The molecule has 0 aliphatic rings. The van der Waals surface area contributed by atoms with Crippen molar-refractivity contribution in [3.05, 3.63) is 121 Å². The Morgan fingerprint density at radius 2 is 0.829 bits per heavy atom. The van der Waals surface area contributed by atoms with Gasteiger partial charge in [0.25, 0.3) is 10.1 Å². The van der Waals surface area contributed by atoms with Crippen LogP contribution in [0, 0.1) is 0 Å². The van der Waals surface area contributed by atoms with Gasteiger partial charge in [-0.05, 0) is 55.0 Å². The summed E-state index contributed by atoms with van der Waals surface area (Å²) in [6, 6.07) is 40.5. The van der Waals surface area contributed by atoms with Gasteiger partial charge < -0.3 is 0 Å². The molecule has 218 valence electrons. The lowest BCUT2D eigenvalue weighted by molar-refractivity contribution is 0.306. The van der Waals surface area contributed by atoms with Gasteiger partial charge in [-0.1, -0.05) is 138 Å². The zero-order chi connectivity index (χ0) is 29.0. The SMILES string of the molecule is CCCCCCCCCCCCOS(=O)(=O)c1ccccc1.c1ccc([S+](c2ccccc2)c2ccccc2)cc1. The van der Waals surface area contributed by atoms with Crippen LogP contribution in [0.4, 0.5) is 0 Å². The summed E-state index contributed by atoms with van der Waals surface area (Å²) in [5.74, 6) is 0. The fourth-order valence-corrected chi connectivity index (χ4v) is 7.56. The smallest absolute Gasteiger partial charge is 0.266 e. The third-order valence-corrected chi connectivity index (χ3v) is 10.3. The molecule has 0 fully saturated rings. The Bertz CT molecular complexity index is 1200. The minimum absolute atomic E-state index is 0.0146. The van der Waals surface area contributed by atoms with Crippen molar-refractivity contribution in [2.75, 3.05) is 6.61 Å². The molecule has 0 saturated heterocycles. The Balaban J connectivity index is 0.000000227. The zero-order valence-electron chi connectivity index (χ0n) is 24.4. The average Bonchev–Trinajstić information content (AvgIpc) is 3.02. The Labute approximate surface area is 251 Å². The highest BCUT2D eigenvalue weighted by atomic mass is 32.2. The molecule has 0 saturated carbocycles.